The zero-order valence-electron chi connectivity index (χ0n) is 17.0. The first-order valence-corrected chi connectivity index (χ1v) is 12.3. The minimum atomic E-state index is -4.04. The Morgan fingerprint density at radius 1 is 1.13 bits per heavy atom. The topological polar surface area (TPSA) is 84.9 Å². The van der Waals surface area contributed by atoms with Crippen LogP contribution < -0.4 is 9.46 Å². The van der Waals surface area contributed by atoms with Gasteiger partial charge in [-0.15, -0.1) is 0 Å². The van der Waals surface area contributed by atoms with E-state index in [9.17, 15) is 17.6 Å². The molecule has 3 aliphatic heterocycles. The van der Waals surface area contributed by atoms with Crippen LogP contribution in [0.25, 0.3) is 0 Å². The molecule has 2 bridgehead atoms. The van der Waals surface area contributed by atoms with Crippen molar-refractivity contribution in [1.29, 1.82) is 0 Å². The molecule has 2 atom stereocenters. The number of ether oxygens (including phenoxy) is 2. The van der Waals surface area contributed by atoms with Gasteiger partial charge in [0.15, 0.2) is 6.61 Å². The molecule has 166 valence electrons. The van der Waals surface area contributed by atoms with Gasteiger partial charge in [-0.2, -0.15) is 0 Å². The minimum Gasteiger partial charge on any atom is -0.483 e. The number of fused-ring (bicyclic) bond motifs is 5. The van der Waals surface area contributed by atoms with Gasteiger partial charge in [-0.05, 0) is 56.1 Å². The zero-order chi connectivity index (χ0) is 21.1. The van der Waals surface area contributed by atoms with Crippen LogP contribution in [-0.2, 0) is 19.6 Å². The van der Waals surface area contributed by atoms with E-state index in [1.807, 2.05) is 18.2 Å². The molecule has 5 rings (SSSR count). The van der Waals surface area contributed by atoms with Crippen LogP contribution in [0.3, 0.4) is 0 Å². The first kappa shape index (κ1) is 21.5. The van der Waals surface area contributed by atoms with E-state index in [-0.39, 0.29) is 25.2 Å². The molecule has 1 amide bonds. The molecule has 9 heteroatoms. The van der Waals surface area contributed by atoms with Gasteiger partial charge in [-0.25, -0.2) is 17.5 Å². The van der Waals surface area contributed by atoms with Gasteiger partial charge in [0.05, 0.1) is 18.8 Å². The molecule has 1 saturated heterocycles. The summed E-state index contributed by atoms with van der Waals surface area (Å²) in [6.45, 7) is 0.610. The predicted molar refractivity (Wildman–Crippen MR) is 109 cm³/mol. The number of para-hydroxylation sites is 1. The molecule has 3 heterocycles. The average molecular weight is 441 g/mol. The molecule has 1 aromatic carbocycles. The van der Waals surface area contributed by atoms with Crippen molar-refractivity contribution in [2.24, 2.45) is 0 Å². The van der Waals surface area contributed by atoms with Gasteiger partial charge < -0.3 is 14.4 Å². The molecule has 1 saturated carbocycles. The SMILES string of the molecule is O=C1COc2ccccc2C2CCC(CC2)OC[C@H]2C(NS(=O)(=O)CF)CCCN12. The monoisotopic (exact) mass is 440 g/mol. The van der Waals surface area contributed by atoms with E-state index in [1.54, 1.807) is 4.90 Å². The lowest BCUT2D eigenvalue weighted by Gasteiger charge is -2.41. The van der Waals surface area contributed by atoms with Gasteiger partial charge in [-0.1, -0.05) is 18.2 Å². The number of carbonyl (C=O) groups excluding carboxylic acids is 1. The van der Waals surface area contributed by atoms with Crippen molar-refractivity contribution in [3.8, 4) is 5.75 Å². The molecule has 1 unspecified atom stereocenters. The molecule has 2 fully saturated rings. The fourth-order valence-electron chi connectivity index (χ4n) is 4.92. The lowest BCUT2D eigenvalue weighted by atomic mass is 9.82. The Morgan fingerprint density at radius 3 is 2.67 bits per heavy atom. The number of benzene rings is 1. The smallest absolute Gasteiger partial charge is 0.260 e. The highest BCUT2D eigenvalue weighted by atomic mass is 32.2. The van der Waals surface area contributed by atoms with Gasteiger partial charge in [0.2, 0.25) is 16.0 Å². The number of carbonyl (C=O) groups is 1. The van der Waals surface area contributed by atoms with E-state index in [4.69, 9.17) is 9.47 Å². The summed E-state index contributed by atoms with van der Waals surface area (Å²) < 4.78 is 51.2. The van der Waals surface area contributed by atoms with E-state index in [1.165, 1.54) is 0 Å². The maximum atomic E-state index is 13.0. The van der Waals surface area contributed by atoms with Crippen molar-refractivity contribution in [3.63, 3.8) is 0 Å². The zero-order valence-corrected chi connectivity index (χ0v) is 17.8. The van der Waals surface area contributed by atoms with E-state index in [0.29, 0.717) is 25.3 Å². The first-order chi connectivity index (χ1) is 14.5. The molecule has 1 N–H and O–H groups in total. The molecule has 0 aromatic heterocycles. The highest BCUT2D eigenvalue weighted by molar-refractivity contribution is 7.89. The summed E-state index contributed by atoms with van der Waals surface area (Å²) in [6, 6.07) is 5.33. The number of rotatable bonds is 3. The Hall–Kier alpha value is -1.71. The summed E-state index contributed by atoms with van der Waals surface area (Å²) in [7, 11) is -4.04. The summed E-state index contributed by atoms with van der Waals surface area (Å²) >= 11 is 0. The van der Waals surface area contributed by atoms with Gasteiger partial charge in [0.1, 0.15) is 5.75 Å². The third-order valence-corrected chi connectivity index (χ3v) is 7.41. The van der Waals surface area contributed by atoms with Crippen molar-refractivity contribution >= 4 is 15.9 Å². The van der Waals surface area contributed by atoms with Gasteiger partial charge >= 0.3 is 0 Å². The normalized spacial score (nSPS) is 30.3. The van der Waals surface area contributed by atoms with Crippen molar-refractivity contribution in [2.45, 2.75) is 62.6 Å². The van der Waals surface area contributed by atoms with Gasteiger partial charge in [0, 0.05) is 12.6 Å². The number of alkyl halides is 1. The quantitative estimate of drug-likeness (QED) is 0.780. The molecule has 30 heavy (non-hydrogen) atoms. The number of amides is 1. The number of nitrogens with zero attached hydrogens (tertiary/aromatic N) is 1. The van der Waals surface area contributed by atoms with Crippen LogP contribution in [-0.4, -0.2) is 63.2 Å². The van der Waals surface area contributed by atoms with Crippen molar-refractivity contribution < 1.29 is 27.1 Å². The van der Waals surface area contributed by atoms with E-state index >= 15 is 0 Å². The minimum absolute atomic E-state index is 0.0763. The molecule has 1 aromatic rings. The Balaban J connectivity index is 1.60. The third-order valence-electron chi connectivity index (χ3n) is 6.46. The highest BCUT2D eigenvalue weighted by Crippen LogP contribution is 2.38. The third kappa shape index (κ3) is 4.78. The number of nitrogens with one attached hydrogen (secondary N) is 1. The Morgan fingerprint density at radius 2 is 1.90 bits per heavy atom. The number of hydrogen-bond acceptors (Lipinski definition) is 5. The van der Waals surface area contributed by atoms with Crippen molar-refractivity contribution in [1.82, 2.24) is 9.62 Å². The second-order valence-electron chi connectivity index (χ2n) is 8.38. The van der Waals surface area contributed by atoms with Crippen LogP contribution in [0.5, 0.6) is 5.75 Å². The molecule has 4 aliphatic rings. The fraction of sp³-hybridized carbons (Fsp3) is 0.667. The van der Waals surface area contributed by atoms with Crippen LogP contribution in [0.15, 0.2) is 24.3 Å². The lowest BCUT2D eigenvalue weighted by molar-refractivity contribution is -0.140. The Kier molecular flexibility index (Phi) is 6.60. The van der Waals surface area contributed by atoms with E-state index in [0.717, 1.165) is 37.0 Å². The standard InChI is InChI=1S/C21H29FN2O5S/c22-14-30(26,27)23-18-5-3-11-24-19(18)12-28-16-9-7-15(8-10-16)17-4-1-2-6-20(17)29-13-21(24)25/h1-2,4,6,15-16,18-19,23H,3,5,7-14H2/t15?,16?,18?,19-/m0/s1. The van der Waals surface area contributed by atoms with Crippen LogP contribution in [0, 0.1) is 0 Å². The fourth-order valence-corrected chi connectivity index (χ4v) is 5.72. The average Bonchev–Trinajstić information content (AvgIpc) is 2.78. The first-order valence-electron chi connectivity index (χ1n) is 10.7. The van der Waals surface area contributed by atoms with Gasteiger partial charge in [0.25, 0.3) is 5.91 Å². The number of sulfonamides is 1. The summed E-state index contributed by atoms with van der Waals surface area (Å²) in [5, 5.41) is 0. The summed E-state index contributed by atoms with van der Waals surface area (Å²) in [5.41, 5.74) is 1.13. The second kappa shape index (κ2) is 9.20. The highest BCUT2D eigenvalue weighted by Gasteiger charge is 2.38. The molecule has 0 radical (unpaired) electrons. The summed E-state index contributed by atoms with van der Waals surface area (Å²) in [4.78, 5) is 14.7. The molecule has 0 spiro atoms. The van der Waals surface area contributed by atoms with E-state index < -0.39 is 28.1 Å². The van der Waals surface area contributed by atoms with Crippen LogP contribution in [0.1, 0.15) is 50.0 Å². The summed E-state index contributed by atoms with van der Waals surface area (Å²) in [6.07, 6.45) is 5.00. The molecular weight excluding hydrogens is 411 g/mol. The lowest BCUT2D eigenvalue weighted by Crippen LogP contribution is -2.60. The number of halogens is 1. The van der Waals surface area contributed by atoms with Crippen LogP contribution in [0.4, 0.5) is 4.39 Å². The van der Waals surface area contributed by atoms with E-state index in [2.05, 4.69) is 10.8 Å². The Bertz CT molecular complexity index is 857. The Labute approximate surface area is 177 Å². The van der Waals surface area contributed by atoms with Gasteiger partial charge in [-0.3, -0.25) is 4.79 Å². The van der Waals surface area contributed by atoms with Crippen molar-refractivity contribution in [2.75, 3.05) is 25.8 Å². The maximum Gasteiger partial charge on any atom is 0.260 e. The second-order valence-corrected chi connectivity index (χ2v) is 10.1. The number of hydrogen-bond donors (Lipinski definition) is 1. The molecule has 7 nitrogen and oxygen atoms in total. The number of piperidine rings is 1. The molecular formula is C21H29FN2O5S. The van der Waals surface area contributed by atoms with Crippen molar-refractivity contribution in [3.05, 3.63) is 29.8 Å². The largest absolute Gasteiger partial charge is 0.483 e. The molecule has 1 aliphatic carbocycles. The van der Waals surface area contributed by atoms with Crippen LogP contribution in [0.2, 0.25) is 0 Å². The maximum absolute atomic E-state index is 13.0. The summed E-state index contributed by atoms with van der Waals surface area (Å²) in [5.74, 6) is 0.899. The predicted octanol–water partition coefficient (Wildman–Crippen LogP) is 2.33. The van der Waals surface area contributed by atoms with Crippen LogP contribution >= 0.6 is 0 Å².